The molecule has 3 N–H and O–H groups in total. The van der Waals surface area contributed by atoms with Gasteiger partial charge in [-0.05, 0) is 31.0 Å². The zero-order valence-corrected chi connectivity index (χ0v) is 13.1. The van der Waals surface area contributed by atoms with Crippen LogP contribution in [0.15, 0.2) is 18.2 Å². The Labute approximate surface area is 125 Å². The summed E-state index contributed by atoms with van der Waals surface area (Å²) in [5, 5.41) is 4.08. The molecule has 3 nitrogen and oxygen atoms in total. The second kappa shape index (κ2) is 7.68. The van der Waals surface area contributed by atoms with E-state index < -0.39 is 0 Å². The minimum absolute atomic E-state index is 0.187. The first-order valence-electron chi connectivity index (χ1n) is 6.39. The third-order valence-electron chi connectivity index (χ3n) is 2.89. The van der Waals surface area contributed by atoms with Crippen LogP contribution >= 0.6 is 23.8 Å². The molecule has 0 saturated carbocycles. The van der Waals surface area contributed by atoms with Gasteiger partial charge in [0.15, 0.2) is 0 Å². The number of rotatable bonds is 7. The summed E-state index contributed by atoms with van der Waals surface area (Å²) in [5.74, 6) is 0.421. The largest absolute Gasteiger partial charge is 0.389 e. The van der Waals surface area contributed by atoms with Crippen LogP contribution in [0.1, 0.15) is 26.3 Å². The number of benzene rings is 1. The fourth-order valence-corrected chi connectivity index (χ4v) is 2.05. The molecule has 1 aromatic carbocycles. The lowest BCUT2D eigenvalue weighted by molar-refractivity contribution is 0.127. The Morgan fingerprint density at radius 3 is 2.68 bits per heavy atom. The van der Waals surface area contributed by atoms with Gasteiger partial charge in [-0.1, -0.05) is 37.7 Å². The zero-order chi connectivity index (χ0) is 14.4. The van der Waals surface area contributed by atoms with Crippen LogP contribution in [-0.4, -0.2) is 24.2 Å². The maximum atomic E-state index is 6.03. The van der Waals surface area contributed by atoms with Gasteiger partial charge in [-0.15, -0.1) is 0 Å². The number of ether oxygens (including phenoxy) is 1. The molecule has 1 atom stereocenters. The van der Waals surface area contributed by atoms with Crippen LogP contribution in [0, 0.1) is 5.92 Å². The van der Waals surface area contributed by atoms with E-state index in [1.807, 2.05) is 19.1 Å². The number of nitrogens with one attached hydrogen (secondary N) is 1. The van der Waals surface area contributed by atoms with Crippen molar-refractivity contribution in [3.05, 3.63) is 28.8 Å². The van der Waals surface area contributed by atoms with Crippen molar-refractivity contribution >= 4 is 34.5 Å². The van der Waals surface area contributed by atoms with Crippen molar-refractivity contribution < 1.29 is 4.74 Å². The Kier molecular flexibility index (Phi) is 6.55. The number of hydrogen-bond donors (Lipinski definition) is 2. The van der Waals surface area contributed by atoms with E-state index in [1.165, 1.54) is 0 Å². The molecule has 1 unspecified atom stereocenters. The molecule has 0 aliphatic rings. The molecule has 106 valence electrons. The molecule has 19 heavy (non-hydrogen) atoms. The standard InChI is InChI=1S/C14H21ClN2OS/c1-4-18-8-13(9(2)3)17-12-7-10(15)5-6-11(12)14(16)19/h5-7,9,13,17H,4,8H2,1-3H3,(H2,16,19). The molecule has 0 spiro atoms. The molecule has 0 aliphatic heterocycles. The average molecular weight is 301 g/mol. The number of anilines is 1. The van der Waals surface area contributed by atoms with Crippen molar-refractivity contribution in [3.8, 4) is 0 Å². The predicted molar refractivity (Wildman–Crippen MR) is 86.1 cm³/mol. The number of nitrogens with two attached hydrogens (primary N) is 1. The van der Waals surface area contributed by atoms with Gasteiger partial charge >= 0.3 is 0 Å². The van der Waals surface area contributed by atoms with Crippen LogP contribution < -0.4 is 11.1 Å². The summed E-state index contributed by atoms with van der Waals surface area (Å²) < 4.78 is 5.50. The first-order chi connectivity index (χ1) is 8.95. The van der Waals surface area contributed by atoms with E-state index in [4.69, 9.17) is 34.3 Å². The zero-order valence-electron chi connectivity index (χ0n) is 11.6. The second-order valence-electron chi connectivity index (χ2n) is 4.71. The maximum absolute atomic E-state index is 6.03. The molecule has 5 heteroatoms. The van der Waals surface area contributed by atoms with Gasteiger partial charge in [-0.2, -0.15) is 0 Å². The van der Waals surface area contributed by atoms with Crippen molar-refractivity contribution in [2.75, 3.05) is 18.5 Å². The van der Waals surface area contributed by atoms with Gasteiger partial charge in [0.05, 0.1) is 12.6 Å². The van der Waals surface area contributed by atoms with Crippen molar-refractivity contribution in [1.29, 1.82) is 0 Å². The Morgan fingerprint density at radius 1 is 1.47 bits per heavy atom. The molecule has 1 rings (SSSR count). The Bertz CT molecular complexity index is 437. The van der Waals surface area contributed by atoms with E-state index >= 15 is 0 Å². The number of halogens is 1. The summed E-state index contributed by atoms with van der Waals surface area (Å²) >= 11 is 11.1. The fourth-order valence-electron chi connectivity index (χ4n) is 1.70. The smallest absolute Gasteiger partial charge is 0.106 e. The third-order valence-corrected chi connectivity index (χ3v) is 3.35. The SMILES string of the molecule is CCOCC(Nc1cc(Cl)ccc1C(N)=S)C(C)C. The highest BCUT2D eigenvalue weighted by atomic mass is 35.5. The number of hydrogen-bond acceptors (Lipinski definition) is 3. The molecule has 0 amide bonds. The second-order valence-corrected chi connectivity index (χ2v) is 5.58. The van der Waals surface area contributed by atoms with Crippen LogP contribution in [0.25, 0.3) is 0 Å². The monoisotopic (exact) mass is 300 g/mol. The lowest BCUT2D eigenvalue weighted by Gasteiger charge is -2.24. The van der Waals surface area contributed by atoms with E-state index in [0.717, 1.165) is 11.3 Å². The average Bonchev–Trinajstić information content (AvgIpc) is 2.33. The van der Waals surface area contributed by atoms with Crippen LogP contribution in [0.4, 0.5) is 5.69 Å². The molecular formula is C14H21ClN2OS. The van der Waals surface area contributed by atoms with Crippen LogP contribution in [0.5, 0.6) is 0 Å². The normalized spacial score (nSPS) is 12.5. The van der Waals surface area contributed by atoms with Crippen molar-refractivity contribution in [2.24, 2.45) is 11.7 Å². The van der Waals surface area contributed by atoms with Gasteiger partial charge in [0.25, 0.3) is 0 Å². The first kappa shape index (κ1) is 16.2. The van der Waals surface area contributed by atoms with Gasteiger partial charge in [0.1, 0.15) is 4.99 Å². The van der Waals surface area contributed by atoms with E-state index in [9.17, 15) is 0 Å². The Morgan fingerprint density at radius 2 is 2.16 bits per heavy atom. The van der Waals surface area contributed by atoms with Gasteiger partial charge in [-0.3, -0.25) is 0 Å². The van der Waals surface area contributed by atoms with Crippen LogP contribution in [-0.2, 0) is 4.74 Å². The van der Waals surface area contributed by atoms with Crippen LogP contribution in [0.3, 0.4) is 0 Å². The van der Waals surface area contributed by atoms with Crippen molar-refractivity contribution in [2.45, 2.75) is 26.8 Å². The Hall–Kier alpha value is -0.840. The molecule has 0 radical (unpaired) electrons. The first-order valence-corrected chi connectivity index (χ1v) is 7.18. The summed E-state index contributed by atoms with van der Waals surface area (Å²) in [6.07, 6.45) is 0. The molecule has 0 aliphatic carbocycles. The highest BCUT2D eigenvalue weighted by Crippen LogP contribution is 2.23. The topological polar surface area (TPSA) is 47.3 Å². The molecular weight excluding hydrogens is 280 g/mol. The fraction of sp³-hybridized carbons (Fsp3) is 0.500. The molecule has 0 saturated heterocycles. The quantitative estimate of drug-likeness (QED) is 0.757. The van der Waals surface area contributed by atoms with Gasteiger partial charge in [0.2, 0.25) is 0 Å². The van der Waals surface area contributed by atoms with E-state index in [0.29, 0.717) is 29.1 Å². The molecule has 0 bridgehead atoms. The lowest BCUT2D eigenvalue weighted by Crippen LogP contribution is -2.32. The summed E-state index contributed by atoms with van der Waals surface area (Å²) in [7, 11) is 0. The van der Waals surface area contributed by atoms with Gasteiger partial charge in [-0.25, -0.2) is 0 Å². The summed E-state index contributed by atoms with van der Waals surface area (Å²) in [6.45, 7) is 7.60. The third kappa shape index (κ3) is 4.97. The highest BCUT2D eigenvalue weighted by molar-refractivity contribution is 7.80. The van der Waals surface area contributed by atoms with Gasteiger partial charge in [0, 0.05) is 22.9 Å². The van der Waals surface area contributed by atoms with E-state index in [1.54, 1.807) is 6.07 Å². The van der Waals surface area contributed by atoms with Crippen LogP contribution in [0.2, 0.25) is 5.02 Å². The molecule has 0 aromatic heterocycles. The highest BCUT2D eigenvalue weighted by Gasteiger charge is 2.16. The predicted octanol–water partition coefficient (Wildman–Crippen LogP) is 3.45. The Balaban J connectivity index is 2.94. The van der Waals surface area contributed by atoms with E-state index in [2.05, 4.69) is 19.2 Å². The molecule has 1 aromatic rings. The van der Waals surface area contributed by atoms with Crippen molar-refractivity contribution in [1.82, 2.24) is 0 Å². The summed E-state index contributed by atoms with van der Waals surface area (Å²) in [5.41, 5.74) is 7.40. The molecule has 0 heterocycles. The molecule has 0 fully saturated rings. The minimum atomic E-state index is 0.187. The maximum Gasteiger partial charge on any atom is 0.106 e. The summed E-state index contributed by atoms with van der Waals surface area (Å²) in [4.78, 5) is 0.359. The minimum Gasteiger partial charge on any atom is -0.389 e. The number of thiocarbonyl (C=S) groups is 1. The lowest BCUT2D eigenvalue weighted by atomic mass is 10.0. The van der Waals surface area contributed by atoms with Gasteiger partial charge < -0.3 is 15.8 Å². The van der Waals surface area contributed by atoms with E-state index in [-0.39, 0.29) is 6.04 Å². The van der Waals surface area contributed by atoms with Crippen molar-refractivity contribution in [3.63, 3.8) is 0 Å². The summed E-state index contributed by atoms with van der Waals surface area (Å²) in [6, 6.07) is 5.66.